The third-order valence-corrected chi connectivity index (χ3v) is 4.53. The van der Waals surface area contributed by atoms with E-state index in [1.165, 1.54) is 12.2 Å². The summed E-state index contributed by atoms with van der Waals surface area (Å²) in [5, 5.41) is 9.14. The van der Waals surface area contributed by atoms with E-state index in [1.807, 2.05) is 28.6 Å². The van der Waals surface area contributed by atoms with Crippen LogP contribution in [0.2, 0.25) is 0 Å². The number of thioether (sulfide) groups is 1. The van der Waals surface area contributed by atoms with Crippen molar-refractivity contribution in [2.24, 2.45) is 0 Å². The molecule has 0 aromatic carbocycles. The fourth-order valence-electron chi connectivity index (χ4n) is 2.37. The number of hydrogen-bond acceptors (Lipinski definition) is 3. The maximum Gasteiger partial charge on any atom is 0.339 e. The Balaban J connectivity index is 2.04. The number of aromatic nitrogens is 2. The Morgan fingerprint density at radius 1 is 1.56 bits per heavy atom. The number of carbonyl (C=O) groups is 1. The Bertz CT molecular complexity index is 588. The molecule has 4 nitrogen and oxygen atoms in total. The second kappa shape index (κ2) is 4.65. The van der Waals surface area contributed by atoms with Crippen LogP contribution in [-0.2, 0) is 0 Å². The SMILES string of the molecule is O=C(O)c1cccn2cc(C3CCCSC3)nc12. The molecule has 0 spiro atoms. The lowest BCUT2D eigenvalue weighted by Crippen LogP contribution is -2.08. The molecule has 1 fully saturated rings. The number of imidazole rings is 1. The number of aromatic carboxylic acids is 1. The van der Waals surface area contributed by atoms with Gasteiger partial charge in [-0.25, -0.2) is 9.78 Å². The lowest BCUT2D eigenvalue weighted by Gasteiger charge is -2.18. The maximum absolute atomic E-state index is 11.1. The molecule has 0 saturated carbocycles. The minimum absolute atomic E-state index is 0.271. The van der Waals surface area contributed by atoms with Crippen molar-refractivity contribution in [2.75, 3.05) is 11.5 Å². The summed E-state index contributed by atoms with van der Waals surface area (Å²) in [5.41, 5.74) is 1.85. The maximum atomic E-state index is 11.1. The van der Waals surface area contributed by atoms with Gasteiger partial charge in [-0.15, -0.1) is 0 Å². The fraction of sp³-hybridized carbons (Fsp3) is 0.385. The highest BCUT2D eigenvalue weighted by Gasteiger charge is 2.20. The van der Waals surface area contributed by atoms with E-state index in [1.54, 1.807) is 12.1 Å². The Morgan fingerprint density at radius 3 is 3.17 bits per heavy atom. The van der Waals surface area contributed by atoms with Crippen molar-refractivity contribution in [3.05, 3.63) is 35.8 Å². The number of pyridine rings is 1. The van der Waals surface area contributed by atoms with E-state index >= 15 is 0 Å². The van der Waals surface area contributed by atoms with Crippen LogP contribution < -0.4 is 0 Å². The molecule has 1 N–H and O–H groups in total. The summed E-state index contributed by atoms with van der Waals surface area (Å²) in [6.07, 6.45) is 6.20. The molecule has 0 radical (unpaired) electrons. The largest absolute Gasteiger partial charge is 0.478 e. The van der Waals surface area contributed by atoms with Crippen LogP contribution in [-0.4, -0.2) is 32.0 Å². The Hall–Kier alpha value is -1.49. The van der Waals surface area contributed by atoms with Gasteiger partial charge in [0.2, 0.25) is 0 Å². The van der Waals surface area contributed by atoms with E-state index in [-0.39, 0.29) is 5.56 Å². The third-order valence-electron chi connectivity index (χ3n) is 3.31. The van der Waals surface area contributed by atoms with Crippen LogP contribution in [0.3, 0.4) is 0 Å². The van der Waals surface area contributed by atoms with Crippen molar-refractivity contribution >= 4 is 23.4 Å². The van der Waals surface area contributed by atoms with Crippen molar-refractivity contribution in [1.29, 1.82) is 0 Å². The van der Waals surface area contributed by atoms with Gasteiger partial charge in [0.15, 0.2) is 5.65 Å². The highest BCUT2D eigenvalue weighted by molar-refractivity contribution is 7.99. The zero-order valence-electron chi connectivity index (χ0n) is 9.87. The molecule has 0 aliphatic carbocycles. The zero-order valence-corrected chi connectivity index (χ0v) is 10.7. The first-order valence-electron chi connectivity index (χ1n) is 6.04. The average Bonchev–Trinajstić information content (AvgIpc) is 2.83. The quantitative estimate of drug-likeness (QED) is 0.904. The van der Waals surface area contributed by atoms with Gasteiger partial charge >= 0.3 is 5.97 Å². The van der Waals surface area contributed by atoms with E-state index in [2.05, 4.69) is 4.98 Å². The Labute approximate surface area is 109 Å². The van der Waals surface area contributed by atoms with Crippen LogP contribution in [0.1, 0.15) is 34.8 Å². The molecule has 18 heavy (non-hydrogen) atoms. The normalized spacial score (nSPS) is 20.1. The summed E-state index contributed by atoms with van der Waals surface area (Å²) >= 11 is 1.95. The second-order valence-corrected chi connectivity index (χ2v) is 5.69. The summed E-state index contributed by atoms with van der Waals surface area (Å²) in [7, 11) is 0. The number of carboxylic acid groups (broad SMARTS) is 1. The molecule has 1 saturated heterocycles. The summed E-state index contributed by atoms with van der Waals surface area (Å²) in [4.78, 5) is 15.7. The first kappa shape index (κ1) is 11.6. The molecule has 1 unspecified atom stereocenters. The molecule has 2 aromatic heterocycles. The summed E-state index contributed by atoms with van der Waals surface area (Å²) < 4.78 is 1.82. The minimum Gasteiger partial charge on any atom is -0.478 e. The van der Waals surface area contributed by atoms with Gasteiger partial charge in [0.25, 0.3) is 0 Å². The smallest absolute Gasteiger partial charge is 0.339 e. The molecule has 1 aliphatic rings. The number of carboxylic acids is 1. The van der Waals surface area contributed by atoms with E-state index in [0.29, 0.717) is 11.6 Å². The Kier molecular flexibility index (Phi) is 2.99. The lowest BCUT2D eigenvalue weighted by atomic mass is 10.0. The van der Waals surface area contributed by atoms with Gasteiger partial charge in [0.1, 0.15) is 5.56 Å². The molecular weight excluding hydrogens is 248 g/mol. The topological polar surface area (TPSA) is 54.6 Å². The molecule has 1 atom stereocenters. The first-order valence-corrected chi connectivity index (χ1v) is 7.20. The molecule has 3 heterocycles. The third kappa shape index (κ3) is 1.99. The van der Waals surface area contributed by atoms with Gasteiger partial charge in [-0.2, -0.15) is 11.8 Å². The Morgan fingerprint density at radius 2 is 2.44 bits per heavy atom. The molecule has 5 heteroatoms. The molecular formula is C13H14N2O2S. The lowest BCUT2D eigenvalue weighted by molar-refractivity contribution is 0.0698. The van der Waals surface area contributed by atoms with E-state index in [4.69, 9.17) is 5.11 Å². The molecule has 2 aromatic rings. The van der Waals surface area contributed by atoms with Gasteiger partial charge in [0, 0.05) is 24.1 Å². The van der Waals surface area contributed by atoms with E-state index in [0.717, 1.165) is 17.9 Å². The minimum atomic E-state index is -0.921. The predicted octanol–water partition coefficient (Wildman–Crippen LogP) is 2.64. The molecule has 3 rings (SSSR count). The standard InChI is InChI=1S/C13H14N2O2S/c16-13(17)10-4-1-5-15-7-11(14-12(10)15)9-3-2-6-18-8-9/h1,4-5,7,9H,2-3,6,8H2,(H,16,17). The highest BCUT2D eigenvalue weighted by Crippen LogP contribution is 2.31. The zero-order chi connectivity index (χ0) is 12.5. The van der Waals surface area contributed by atoms with Crippen molar-refractivity contribution in [3.63, 3.8) is 0 Å². The monoisotopic (exact) mass is 262 g/mol. The molecule has 0 amide bonds. The molecule has 0 bridgehead atoms. The van der Waals surface area contributed by atoms with Crippen molar-refractivity contribution in [1.82, 2.24) is 9.38 Å². The van der Waals surface area contributed by atoms with E-state index < -0.39 is 5.97 Å². The number of hydrogen-bond donors (Lipinski definition) is 1. The van der Waals surface area contributed by atoms with Crippen LogP contribution in [0.25, 0.3) is 5.65 Å². The predicted molar refractivity (Wildman–Crippen MR) is 71.5 cm³/mol. The van der Waals surface area contributed by atoms with Gasteiger partial charge in [-0.1, -0.05) is 0 Å². The fourth-order valence-corrected chi connectivity index (χ4v) is 3.53. The molecule has 94 valence electrons. The van der Waals surface area contributed by atoms with Crippen LogP contribution in [0.15, 0.2) is 24.5 Å². The average molecular weight is 262 g/mol. The van der Waals surface area contributed by atoms with Gasteiger partial charge in [-0.05, 0) is 30.7 Å². The second-order valence-electron chi connectivity index (χ2n) is 4.54. The summed E-state index contributed by atoms with van der Waals surface area (Å²) in [6, 6.07) is 3.35. The summed E-state index contributed by atoms with van der Waals surface area (Å²) in [5.74, 6) is 1.86. The first-order chi connectivity index (χ1) is 8.75. The van der Waals surface area contributed by atoms with Crippen molar-refractivity contribution in [2.45, 2.75) is 18.8 Å². The van der Waals surface area contributed by atoms with Crippen LogP contribution in [0, 0.1) is 0 Å². The van der Waals surface area contributed by atoms with Crippen molar-refractivity contribution < 1.29 is 9.90 Å². The van der Waals surface area contributed by atoms with Crippen LogP contribution in [0.4, 0.5) is 0 Å². The van der Waals surface area contributed by atoms with E-state index in [9.17, 15) is 4.79 Å². The van der Waals surface area contributed by atoms with Gasteiger partial charge < -0.3 is 9.51 Å². The van der Waals surface area contributed by atoms with Gasteiger partial charge in [0.05, 0.1) is 5.69 Å². The number of nitrogens with zero attached hydrogens (tertiary/aromatic N) is 2. The van der Waals surface area contributed by atoms with Crippen LogP contribution in [0.5, 0.6) is 0 Å². The highest BCUT2D eigenvalue weighted by atomic mass is 32.2. The number of fused-ring (bicyclic) bond motifs is 1. The summed E-state index contributed by atoms with van der Waals surface area (Å²) in [6.45, 7) is 0. The molecule has 1 aliphatic heterocycles. The van der Waals surface area contributed by atoms with Gasteiger partial charge in [-0.3, -0.25) is 0 Å². The van der Waals surface area contributed by atoms with Crippen LogP contribution >= 0.6 is 11.8 Å². The number of rotatable bonds is 2. The van der Waals surface area contributed by atoms with Crippen molar-refractivity contribution in [3.8, 4) is 0 Å².